The quantitative estimate of drug-likeness (QED) is 0.856. The second-order valence-corrected chi connectivity index (χ2v) is 5.53. The highest BCUT2D eigenvalue weighted by atomic mass is 35.5. The monoisotopic (exact) mass is 307 g/mol. The molecule has 1 unspecified atom stereocenters. The van der Waals surface area contributed by atoms with Crippen LogP contribution >= 0.6 is 11.6 Å². The van der Waals surface area contributed by atoms with E-state index < -0.39 is 0 Å². The summed E-state index contributed by atoms with van der Waals surface area (Å²) >= 11 is 6.13. The van der Waals surface area contributed by atoms with Gasteiger partial charge in [0.05, 0.1) is 5.02 Å². The molecule has 2 rings (SSSR count). The van der Waals surface area contributed by atoms with Gasteiger partial charge in [-0.15, -0.1) is 0 Å². The van der Waals surface area contributed by atoms with Crippen molar-refractivity contribution in [3.05, 3.63) is 58.4 Å². The Balaban J connectivity index is 2.35. The fraction of sp³-hybridized carbons (Fsp3) is 0.294. The number of nitrogens with two attached hydrogens (primary N) is 1. The molecule has 0 bridgehead atoms. The van der Waals surface area contributed by atoms with E-state index in [0.717, 1.165) is 12.0 Å². The van der Waals surface area contributed by atoms with E-state index >= 15 is 0 Å². The first-order chi connectivity index (χ1) is 10.0. The highest BCUT2D eigenvalue weighted by Gasteiger charge is 2.14. The molecule has 112 valence electrons. The number of halogens is 2. The third-order valence-electron chi connectivity index (χ3n) is 3.37. The molecule has 0 aliphatic heterocycles. The first-order valence-electron chi connectivity index (χ1n) is 6.98. The predicted octanol–water partition coefficient (Wildman–Crippen LogP) is 4.86. The third kappa shape index (κ3) is 3.96. The smallest absolute Gasteiger partial charge is 0.146 e. The summed E-state index contributed by atoms with van der Waals surface area (Å²) in [5.41, 5.74) is 7.46. The van der Waals surface area contributed by atoms with Gasteiger partial charge in [0.15, 0.2) is 0 Å². The van der Waals surface area contributed by atoms with E-state index in [-0.39, 0.29) is 11.9 Å². The lowest BCUT2D eigenvalue weighted by atomic mass is 10.0. The van der Waals surface area contributed by atoms with Gasteiger partial charge in [0, 0.05) is 11.6 Å². The molecule has 0 aliphatic rings. The van der Waals surface area contributed by atoms with Crippen LogP contribution in [-0.2, 0) is 6.42 Å². The lowest BCUT2D eigenvalue weighted by Gasteiger charge is -2.16. The number of benzene rings is 2. The summed E-state index contributed by atoms with van der Waals surface area (Å²) < 4.78 is 19.9. The van der Waals surface area contributed by atoms with Crippen LogP contribution in [0.15, 0.2) is 36.4 Å². The maximum absolute atomic E-state index is 14.1. The van der Waals surface area contributed by atoms with Gasteiger partial charge in [-0.05, 0) is 49.6 Å². The summed E-state index contributed by atoms with van der Waals surface area (Å²) in [6, 6.07) is 10.2. The summed E-state index contributed by atoms with van der Waals surface area (Å²) in [4.78, 5) is 0. The fourth-order valence-electron chi connectivity index (χ4n) is 2.05. The van der Waals surface area contributed by atoms with Gasteiger partial charge in [-0.1, -0.05) is 30.7 Å². The van der Waals surface area contributed by atoms with E-state index in [1.54, 1.807) is 18.2 Å². The van der Waals surface area contributed by atoms with Crippen molar-refractivity contribution in [3.63, 3.8) is 0 Å². The van der Waals surface area contributed by atoms with E-state index in [2.05, 4.69) is 0 Å². The van der Waals surface area contributed by atoms with E-state index in [4.69, 9.17) is 22.1 Å². The van der Waals surface area contributed by atoms with Gasteiger partial charge in [0.1, 0.15) is 17.3 Å². The Hall–Kier alpha value is -1.58. The lowest BCUT2D eigenvalue weighted by Crippen LogP contribution is -2.22. The number of hydrogen-bond acceptors (Lipinski definition) is 2. The minimum absolute atomic E-state index is 0.0998. The standard InChI is InChI=1S/C17H19ClFNO/c1-3-12(20)10-13-15(19)5-4-6-16(13)21-17-9-11(2)7-8-14(17)18/h4-9,12H,3,10,20H2,1-2H3. The van der Waals surface area contributed by atoms with Crippen LogP contribution < -0.4 is 10.5 Å². The van der Waals surface area contributed by atoms with Crippen molar-refractivity contribution in [2.24, 2.45) is 5.73 Å². The molecule has 0 fully saturated rings. The molecule has 0 heterocycles. The maximum Gasteiger partial charge on any atom is 0.146 e. The number of rotatable bonds is 5. The van der Waals surface area contributed by atoms with Gasteiger partial charge in [-0.2, -0.15) is 0 Å². The zero-order valence-electron chi connectivity index (χ0n) is 12.2. The molecule has 0 aromatic heterocycles. The van der Waals surface area contributed by atoms with Crippen LogP contribution in [0.5, 0.6) is 11.5 Å². The van der Waals surface area contributed by atoms with E-state index in [9.17, 15) is 4.39 Å². The maximum atomic E-state index is 14.1. The Kier molecular flexibility index (Phi) is 5.21. The Labute approximate surface area is 129 Å². The van der Waals surface area contributed by atoms with Gasteiger partial charge >= 0.3 is 0 Å². The van der Waals surface area contributed by atoms with Crippen LogP contribution in [0.25, 0.3) is 0 Å². The Morgan fingerprint density at radius 1 is 1.24 bits per heavy atom. The molecule has 0 spiro atoms. The Morgan fingerprint density at radius 3 is 2.71 bits per heavy atom. The van der Waals surface area contributed by atoms with Crippen LogP contribution in [0.3, 0.4) is 0 Å². The van der Waals surface area contributed by atoms with Crippen molar-refractivity contribution < 1.29 is 9.13 Å². The van der Waals surface area contributed by atoms with E-state index in [0.29, 0.717) is 28.5 Å². The molecule has 0 saturated carbocycles. The number of aryl methyl sites for hydroxylation is 1. The second kappa shape index (κ2) is 6.92. The molecule has 21 heavy (non-hydrogen) atoms. The van der Waals surface area contributed by atoms with Gasteiger partial charge in [0.2, 0.25) is 0 Å². The van der Waals surface area contributed by atoms with Gasteiger partial charge in [-0.25, -0.2) is 4.39 Å². The predicted molar refractivity (Wildman–Crippen MR) is 84.6 cm³/mol. The second-order valence-electron chi connectivity index (χ2n) is 5.12. The lowest BCUT2D eigenvalue weighted by molar-refractivity contribution is 0.461. The SMILES string of the molecule is CCC(N)Cc1c(F)cccc1Oc1cc(C)ccc1Cl. The van der Waals surface area contributed by atoms with Crippen molar-refractivity contribution in [2.75, 3.05) is 0 Å². The normalized spacial score (nSPS) is 12.2. The average Bonchev–Trinajstić information content (AvgIpc) is 2.46. The summed E-state index contributed by atoms with van der Waals surface area (Å²) in [5.74, 6) is 0.681. The third-order valence-corrected chi connectivity index (χ3v) is 3.69. The summed E-state index contributed by atoms with van der Waals surface area (Å²) in [6.07, 6.45) is 1.21. The first kappa shape index (κ1) is 15.8. The average molecular weight is 308 g/mol. The van der Waals surface area contributed by atoms with Crippen LogP contribution in [0.1, 0.15) is 24.5 Å². The number of ether oxygens (including phenoxy) is 1. The van der Waals surface area contributed by atoms with Crippen LogP contribution in [-0.4, -0.2) is 6.04 Å². The molecule has 0 saturated heterocycles. The summed E-state index contributed by atoms with van der Waals surface area (Å²) in [7, 11) is 0. The Morgan fingerprint density at radius 2 is 2.00 bits per heavy atom. The van der Waals surface area contributed by atoms with Gasteiger partial charge in [0.25, 0.3) is 0 Å². The Bertz CT molecular complexity index is 630. The van der Waals surface area contributed by atoms with Crippen molar-refractivity contribution in [3.8, 4) is 11.5 Å². The van der Waals surface area contributed by atoms with Crippen LogP contribution in [0, 0.1) is 12.7 Å². The van der Waals surface area contributed by atoms with Crippen molar-refractivity contribution in [2.45, 2.75) is 32.7 Å². The highest BCUT2D eigenvalue weighted by Crippen LogP contribution is 2.33. The summed E-state index contributed by atoms with van der Waals surface area (Å²) in [5, 5.41) is 0.496. The summed E-state index contributed by atoms with van der Waals surface area (Å²) in [6.45, 7) is 3.92. The molecule has 4 heteroatoms. The molecule has 2 N–H and O–H groups in total. The first-order valence-corrected chi connectivity index (χ1v) is 7.36. The largest absolute Gasteiger partial charge is 0.455 e. The van der Waals surface area contributed by atoms with Gasteiger partial charge < -0.3 is 10.5 Å². The highest BCUT2D eigenvalue weighted by molar-refractivity contribution is 6.32. The molecular weight excluding hydrogens is 289 g/mol. The molecule has 2 aromatic rings. The van der Waals surface area contributed by atoms with E-state index in [1.165, 1.54) is 6.07 Å². The zero-order chi connectivity index (χ0) is 15.4. The minimum atomic E-state index is -0.305. The molecule has 0 aliphatic carbocycles. The van der Waals surface area contributed by atoms with Crippen molar-refractivity contribution in [1.82, 2.24) is 0 Å². The molecule has 1 atom stereocenters. The van der Waals surface area contributed by atoms with Crippen molar-refractivity contribution in [1.29, 1.82) is 0 Å². The van der Waals surface area contributed by atoms with Crippen LogP contribution in [0.4, 0.5) is 4.39 Å². The van der Waals surface area contributed by atoms with E-state index in [1.807, 2.05) is 26.0 Å². The fourth-order valence-corrected chi connectivity index (χ4v) is 2.20. The van der Waals surface area contributed by atoms with Gasteiger partial charge in [-0.3, -0.25) is 0 Å². The molecule has 2 nitrogen and oxygen atoms in total. The van der Waals surface area contributed by atoms with Crippen molar-refractivity contribution >= 4 is 11.6 Å². The topological polar surface area (TPSA) is 35.2 Å². The number of hydrogen-bond donors (Lipinski definition) is 1. The molecule has 0 amide bonds. The molecule has 2 aromatic carbocycles. The molecule has 0 radical (unpaired) electrons. The zero-order valence-corrected chi connectivity index (χ0v) is 13.0. The molecular formula is C17H19ClFNO. The van der Waals surface area contributed by atoms with Crippen LogP contribution in [0.2, 0.25) is 5.02 Å². The minimum Gasteiger partial charge on any atom is -0.455 e.